The lowest BCUT2D eigenvalue weighted by atomic mass is 10.1. The van der Waals surface area contributed by atoms with Gasteiger partial charge in [-0.1, -0.05) is 25.0 Å². The highest BCUT2D eigenvalue weighted by atomic mass is 16.5. The minimum atomic E-state index is -0.0499. The van der Waals surface area contributed by atoms with Crippen molar-refractivity contribution in [1.82, 2.24) is 9.80 Å². The molecular formula is C20H28N2O4. The van der Waals surface area contributed by atoms with E-state index >= 15 is 0 Å². The van der Waals surface area contributed by atoms with Gasteiger partial charge >= 0.3 is 0 Å². The van der Waals surface area contributed by atoms with Gasteiger partial charge < -0.3 is 19.3 Å². The van der Waals surface area contributed by atoms with Gasteiger partial charge in [-0.25, -0.2) is 0 Å². The number of benzene rings is 1. The fraction of sp³-hybridized carbons (Fsp3) is 0.600. The van der Waals surface area contributed by atoms with Crippen molar-refractivity contribution >= 4 is 11.8 Å². The zero-order chi connectivity index (χ0) is 18.4. The molecule has 6 nitrogen and oxygen atoms in total. The average Bonchev–Trinajstić information content (AvgIpc) is 3.10. The molecule has 0 spiro atoms. The molecule has 3 rings (SSSR count). The van der Waals surface area contributed by atoms with Gasteiger partial charge in [-0.15, -0.1) is 0 Å². The maximum Gasteiger partial charge on any atom is 0.260 e. The monoisotopic (exact) mass is 360 g/mol. The molecule has 1 aliphatic carbocycles. The van der Waals surface area contributed by atoms with E-state index in [1.54, 1.807) is 24.1 Å². The van der Waals surface area contributed by atoms with Crippen LogP contribution < -0.4 is 9.47 Å². The number of nitrogens with zero attached hydrogens (tertiary/aromatic N) is 2. The van der Waals surface area contributed by atoms with Crippen LogP contribution in [0.4, 0.5) is 0 Å². The normalized spacial score (nSPS) is 18.5. The van der Waals surface area contributed by atoms with Gasteiger partial charge in [0.1, 0.15) is 0 Å². The van der Waals surface area contributed by atoms with Gasteiger partial charge in [-0.3, -0.25) is 9.59 Å². The van der Waals surface area contributed by atoms with E-state index in [1.807, 2.05) is 17.0 Å². The number of hydrogen-bond donors (Lipinski definition) is 0. The molecule has 2 amide bonds. The number of methoxy groups -OCH3 is 1. The van der Waals surface area contributed by atoms with E-state index in [0.717, 1.165) is 38.6 Å². The quantitative estimate of drug-likeness (QED) is 0.809. The molecule has 0 unspecified atom stereocenters. The fourth-order valence-electron chi connectivity index (χ4n) is 3.79. The highest BCUT2D eigenvalue weighted by Gasteiger charge is 2.29. The smallest absolute Gasteiger partial charge is 0.260 e. The van der Waals surface area contributed by atoms with Gasteiger partial charge in [-0.05, 0) is 31.4 Å². The van der Waals surface area contributed by atoms with Crippen LogP contribution in [0.15, 0.2) is 24.3 Å². The molecule has 1 heterocycles. The number of carbonyl (C=O) groups is 2. The first-order chi connectivity index (χ1) is 12.7. The van der Waals surface area contributed by atoms with Crippen molar-refractivity contribution in [3.8, 4) is 11.5 Å². The second kappa shape index (κ2) is 8.92. The van der Waals surface area contributed by atoms with E-state index in [9.17, 15) is 9.59 Å². The molecule has 1 aromatic carbocycles. The van der Waals surface area contributed by atoms with E-state index in [2.05, 4.69) is 0 Å². The van der Waals surface area contributed by atoms with E-state index < -0.39 is 0 Å². The predicted molar refractivity (Wildman–Crippen MR) is 98.2 cm³/mol. The maximum atomic E-state index is 12.6. The van der Waals surface area contributed by atoms with Crippen LogP contribution >= 0.6 is 0 Å². The third-order valence-corrected chi connectivity index (χ3v) is 5.28. The summed E-state index contributed by atoms with van der Waals surface area (Å²) in [6.07, 6.45) is 5.18. The molecule has 0 radical (unpaired) electrons. The Morgan fingerprint density at radius 3 is 2.35 bits per heavy atom. The Kier molecular flexibility index (Phi) is 6.36. The van der Waals surface area contributed by atoms with Gasteiger partial charge in [-0.2, -0.15) is 0 Å². The van der Waals surface area contributed by atoms with Crippen molar-refractivity contribution in [3.63, 3.8) is 0 Å². The largest absolute Gasteiger partial charge is 0.493 e. The highest BCUT2D eigenvalue weighted by Crippen LogP contribution is 2.27. The summed E-state index contributed by atoms with van der Waals surface area (Å²) >= 11 is 0. The first-order valence-electron chi connectivity index (χ1n) is 9.51. The lowest BCUT2D eigenvalue weighted by Gasteiger charge is -2.24. The van der Waals surface area contributed by atoms with Crippen LogP contribution in [0.2, 0.25) is 0 Å². The van der Waals surface area contributed by atoms with E-state index in [-0.39, 0.29) is 24.3 Å². The molecule has 1 aliphatic heterocycles. The molecule has 0 bridgehead atoms. The Hall–Kier alpha value is -2.24. The summed E-state index contributed by atoms with van der Waals surface area (Å²) < 4.78 is 10.9. The Morgan fingerprint density at radius 2 is 1.62 bits per heavy atom. The summed E-state index contributed by atoms with van der Waals surface area (Å²) in [7, 11) is 1.58. The molecule has 2 fully saturated rings. The number of amides is 2. The van der Waals surface area contributed by atoms with Gasteiger partial charge in [0, 0.05) is 32.1 Å². The SMILES string of the molecule is COc1ccccc1OCC(=O)N1CCCN(C(=O)C2CCCC2)CC1. The molecule has 1 saturated carbocycles. The zero-order valence-electron chi connectivity index (χ0n) is 15.5. The van der Waals surface area contributed by atoms with Crippen LogP contribution in [-0.4, -0.2) is 61.5 Å². The van der Waals surface area contributed by atoms with Crippen LogP contribution in [0.1, 0.15) is 32.1 Å². The number of rotatable bonds is 5. The summed E-state index contributed by atoms with van der Waals surface area (Å²) in [6.45, 7) is 2.59. The molecular weight excluding hydrogens is 332 g/mol. The first kappa shape index (κ1) is 18.5. The lowest BCUT2D eigenvalue weighted by molar-refractivity contribution is -0.136. The van der Waals surface area contributed by atoms with Gasteiger partial charge in [0.2, 0.25) is 5.91 Å². The van der Waals surface area contributed by atoms with Crippen LogP contribution in [0, 0.1) is 5.92 Å². The summed E-state index contributed by atoms with van der Waals surface area (Å²) in [5.74, 6) is 1.61. The summed E-state index contributed by atoms with van der Waals surface area (Å²) in [5.41, 5.74) is 0. The minimum Gasteiger partial charge on any atom is -0.493 e. The second-order valence-electron chi connectivity index (χ2n) is 6.98. The van der Waals surface area contributed by atoms with E-state index in [1.165, 1.54) is 0 Å². The molecule has 142 valence electrons. The average molecular weight is 360 g/mol. The fourth-order valence-corrected chi connectivity index (χ4v) is 3.79. The summed E-state index contributed by atoms with van der Waals surface area (Å²) in [5, 5.41) is 0. The molecule has 0 atom stereocenters. The molecule has 0 N–H and O–H groups in total. The van der Waals surface area contributed by atoms with Crippen molar-refractivity contribution in [3.05, 3.63) is 24.3 Å². The van der Waals surface area contributed by atoms with E-state index in [4.69, 9.17) is 9.47 Å². The maximum absolute atomic E-state index is 12.6. The number of carbonyl (C=O) groups excluding carboxylic acids is 2. The highest BCUT2D eigenvalue weighted by molar-refractivity contribution is 5.80. The molecule has 2 aliphatic rings. The standard InChI is InChI=1S/C20H28N2O4/c1-25-17-9-4-5-10-18(17)26-15-19(23)21-11-6-12-22(14-13-21)20(24)16-7-2-3-8-16/h4-5,9-10,16H,2-3,6-8,11-15H2,1H3. The van der Waals surface area contributed by atoms with Gasteiger partial charge in [0.15, 0.2) is 18.1 Å². The van der Waals surface area contributed by atoms with Crippen molar-refractivity contribution in [2.24, 2.45) is 5.92 Å². The Bertz CT molecular complexity index is 628. The lowest BCUT2D eigenvalue weighted by Crippen LogP contribution is -2.40. The van der Waals surface area contributed by atoms with Crippen molar-refractivity contribution < 1.29 is 19.1 Å². The van der Waals surface area contributed by atoms with Crippen molar-refractivity contribution in [2.75, 3.05) is 39.9 Å². The summed E-state index contributed by atoms with van der Waals surface area (Å²) in [6, 6.07) is 7.30. The number of ether oxygens (including phenoxy) is 2. The third-order valence-electron chi connectivity index (χ3n) is 5.28. The number of hydrogen-bond acceptors (Lipinski definition) is 4. The van der Waals surface area contributed by atoms with Crippen LogP contribution in [0.5, 0.6) is 11.5 Å². The van der Waals surface area contributed by atoms with Crippen molar-refractivity contribution in [2.45, 2.75) is 32.1 Å². The molecule has 6 heteroatoms. The third kappa shape index (κ3) is 4.48. The molecule has 1 saturated heterocycles. The first-order valence-corrected chi connectivity index (χ1v) is 9.51. The Morgan fingerprint density at radius 1 is 0.962 bits per heavy atom. The van der Waals surface area contributed by atoms with Crippen LogP contribution in [-0.2, 0) is 9.59 Å². The second-order valence-corrected chi connectivity index (χ2v) is 6.98. The molecule has 1 aromatic rings. The topological polar surface area (TPSA) is 59.1 Å². The Balaban J connectivity index is 1.50. The van der Waals surface area contributed by atoms with Gasteiger partial charge in [0.05, 0.1) is 7.11 Å². The van der Waals surface area contributed by atoms with Crippen molar-refractivity contribution in [1.29, 1.82) is 0 Å². The van der Waals surface area contributed by atoms with Crippen LogP contribution in [0.25, 0.3) is 0 Å². The van der Waals surface area contributed by atoms with E-state index in [0.29, 0.717) is 31.1 Å². The molecule has 26 heavy (non-hydrogen) atoms. The zero-order valence-corrected chi connectivity index (χ0v) is 15.5. The summed E-state index contributed by atoms with van der Waals surface area (Å²) in [4.78, 5) is 28.9. The molecule has 0 aromatic heterocycles. The predicted octanol–water partition coefficient (Wildman–Crippen LogP) is 2.33. The number of para-hydroxylation sites is 2. The minimum absolute atomic E-state index is 0.0169. The van der Waals surface area contributed by atoms with Crippen LogP contribution in [0.3, 0.4) is 0 Å². The van der Waals surface area contributed by atoms with Gasteiger partial charge in [0.25, 0.3) is 5.91 Å². The Labute approximate surface area is 155 Å².